The summed E-state index contributed by atoms with van der Waals surface area (Å²) in [6.07, 6.45) is 14.9. The van der Waals surface area contributed by atoms with Crippen molar-refractivity contribution in [1.29, 1.82) is 0 Å². The summed E-state index contributed by atoms with van der Waals surface area (Å²) in [5.74, 6) is 1.32. The van der Waals surface area contributed by atoms with Gasteiger partial charge in [-0.25, -0.2) is 0 Å². The minimum atomic E-state index is -0.317. The van der Waals surface area contributed by atoms with Gasteiger partial charge in [-0.2, -0.15) is 0 Å². The summed E-state index contributed by atoms with van der Waals surface area (Å²) in [7, 11) is 0. The first-order valence-corrected chi connectivity index (χ1v) is 9.74. The van der Waals surface area contributed by atoms with Gasteiger partial charge in [0.15, 0.2) is 0 Å². The molecule has 0 aliphatic heterocycles. The minimum absolute atomic E-state index is 0.00684. The molecule has 1 atom stereocenters. The molecule has 2 nitrogen and oxygen atoms in total. The first-order chi connectivity index (χ1) is 10.9. The zero-order chi connectivity index (χ0) is 17.3. The third kappa shape index (κ3) is 7.54. The van der Waals surface area contributed by atoms with Gasteiger partial charge in [-0.05, 0) is 57.8 Å². The fraction of sp³-hybridized carbons (Fsp3) is 0.857. The number of rotatable bonds is 9. The molecular formula is C21H38O2. The number of allylic oxidation sites excluding steroid dienone is 2. The molecule has 0 aromatic heterocycles. The van der Waals surface area contributed by atoms with Crippen LogP contribution in [-0.2, 0) is 9.53 Å². The van der Waals surface area contributed by atoms with E-state index in [1.165, 1.54) is 38.5 Å². The molecular weight excluding hydrogens is 284 g/mol. The second-order valence-electron chi connectivity index (χ2n) is 8.07. The number of unbranched alkanes of at least 4 members (excludes halogenated alkanes) is 2. The molecule has 0 bridgehead atoms. The van der Waals surface area contributed by atoms with Crippen LogP contribution >= 0.6 is 0 Å². The van der Waals surface area contributed by atoms with E-state index < -0.39 is 0 Å². The molecule has 1 fully saturated rings. The van der Waals surface area contributed by atoms with Crippen molar-refractivity contribution >= 4 is 5.97 Å². The van der Waals surface area contributed by atoms with Gasteiger partial charge in [0.1, 0.15) is 5.60 Å². The van der Waals surface area contributed by atoms with Gasteiger partial charge in [0.2, 0.25) is 0 Å². The lowest BCUT2D eigenvalue weighted by Crippen LogP contribution is -2.40. The van der Waals surface area contributed by atoms with Crippen molar-refractivity contribution in [2.75, 3.05) is 0 Å². The fourth-order valence-electron chi connectivity index (χ4n) is 3.42. The van der Waals surface area contributed by atoms with Crippen molar-refractivity contribution in [2.24, 2.45) is 17.8 Å². The smallest absolute Gasteiger partial charge is 0.309 e. The van der Waals surface area contributed by atoms with Crippen molar-refractivity contribution in [3.05, 3.63) is 12.2 Å². The first-order valence-electron chi connectivity index (χ1n) is 9.74. The lowest BCUT2D eigenvalue weighted by molar-refractivity contribution is -0.168. The predicted octanol–water partition coefficient (Wildman–Crippen LogP) is 6.30. The summed E-state index contributed by atoms with van der Waals surface area (Å²) in [4.78, 5) is 12.4. The molecule has 134 valence electrons. The largest absolute Gasteiger partial charge is 0.459 e. The van der Waals surface area contributed by atoms with Crippen LogP contribution < -0.4 is 0 Å². The molecule has 1 aliphatic rings. The zero-order valence-electron chi connectivity index (χ0n) is 16.1. The normalized spacial score (nSPS) is 23.9. The zero-order valence-corrected chi connectivity index (χ0v) is 16.1. The van der Waals surface area contributed by atoms with E-state index in [1.807, 2.05) is 6.92 Å². The molecule has 2 heteroatoms. The Hall–Kier alpha value is -0.790. The average molecular weight is 323 g/mol. The number of hydrogen-bond donors (Lipinski definition) is 0. The monoisotopic (exact) mass is 322 g/mol. The Kier molecular flexibility index (Phi) is 8.94. The van der Waals surface area contributed by atoms with Crippen LogP contribution in [0.3, 0.4) is 0 Å². The van der Waals surface area contributed by atoms with E-state index >= 15 is 0 Å². The Morgan fingerprint density at radius 3 is 2.39 bits per heavy atom. The summed E-state index contributed by atoms with van der Waals surface area (Å²) >= 11 is 0. The van der Waals surface area contributed by atoms with E-state index in [1.54, 1.807) is 0 Å². The molecule has 0 saturated heterocycles. The molecule has 0 radical (unpaired) electrons. The summed E-state index contributed by atoms with van der Waals surface area (Å²) in [6, 6.07) is 0. The summed E-state index contributed by atoms with van der Waals surface area (Å²) in [5, 5.41) is 0. The summed E-state index contributed by atoms with van der Waals surface area (Å²) in [6.45, 7) is 10.7. The topological polar surface area (TPSA) is 26.3 Å². The van der Waals surface area contributed by atoms with Gasteiger partial charge in [0.05, 0.1) is 5.92 Å². The molecule has 1 aliphatic carbocycles. The van der Waals surface area contributed by atoms with Gasteiger partial charge in [0.25, 0.3) is 0 Å². The number of esters is 1. The van der Waals surface area contributed by atoms with E-state index in [0.29, 0.717) is 5.92 Å². The maximum Gasteiger partial charge on any atom is 0.309 e. The molecule has 0 aromatic rings. The Bertz CT molecular complexity index is 362. The van der Waals surface area contributed by atoms with Crippen LogP contribution in [0.1, 0.15) is 92.4 Å². The van der Waals surface area contributed by atoms with E-state index in [9.17, 15) is 4.79 Å². The number of ether oxygens (including phenoxy) is 1. The summed E-state index contributed by atoms with van der Waals surface area (Å²) in [5.41, 5.74) is -0.317. The van der Waals surface area contributed by atoms with Crippen molar-refractivity contribution in [2.45, 2.75) is 98.0 Å². The lowest BCUT2D eigenvalue weighted by Gasteiger charge is -2.38. The third-order valence-corrected chi connectivity index (χ3v) is 5.42. The Morgan fingerprint density at radius 1 is 1.17 bits per heavy atom. The average Bonchev–Trinajstić information content (AvgIpc) is 2.50. The molecule has 0 amide bonds. The van der Waals surface area contributed by atoms with Gasteiger partial charge in [0, 0.05) is 0 Å². The second-order valence-corrected chi connectivity index (χ2v) is 8.07. The number of carbonyl (C=O) groups is 1. The predicted molar refractivity (Wildman–Crippen MR) is 98.4 cm³/mol. The van der Waals surface area contributed by atoms with Gasteiger partial charge >= 0.3 is 5.97 Å². The first kappa shape index (κ1) is 20.3. The minimum Gasteiger partial charge on any atom is -0.459 e. The number of carbonyl (C=O) groups excluding carboxylic acids is 1. The van der Waals surface area contributed by atoms with Crippen LogP contribution in [0.4, 0.5) is 0 Å². The van der Waals surface area contributed by atoms with Crippen LogP contribution in [0, 0.1) is 17.8 Å². The molecule has 1 rings (SSSR count). The van der Waals surface area contributed by atoms with E-state index in [4.69, 9.17) is 4.74 Å². The van der Waals surface area contributed by atoms with Gasteiger partial charge < -0.3 is 4.74 Å². The van der Waals surface area contributed by atoms with Crippen molar-refractivity contribution in [1.82, 2.24) is 0 Å². The molecule has 1 unspecified atom stereocenters. The van der Waals surface area contributed by atoms with Crippen molar-refractivity contribution in [3.63, 3.8) is 0 Å². The van der Waals surface area contributed by atoms with E-state index in [0.717, 1.165) is 25.2 Å². The third-order valence-electron chi connectivity index (χ3n) is 5.42. The van der Waals surface area contributed by atoms with E-state index in [-0.39, 0.29) is 17.5 Å². The Labute approximate surface area is 144 Å². The number of hydrogen-bond acceptors (Lipinski definition) is 2. The van der Waals surface area contributed by atoms with E-state index in [2.05, 4.69) is 39.8 Å². The molecule has 23 heavy (non-hydrogen) atoms. The molecule has 0 spiro atoms. The van der Waals surface area contributed by atoms with Crippen LogP contribution in [0.2, 0.25) is 0 Å². The highest BCUT2D eigenvalue weighted by Gasteiger charge is 2.36. The molecule has 0 heterocycles. The van der Waals surface area contributed by atoms with Gasteiger partial charge in [-0.1, -0.05) is 58.6 Å². The lowest BCUT2D eigenvalue weighted by atomic mass is 9.75. The quantitative estimate of drug-likeness (QED) is 0.283. The maximum atomic E-state index is 12.4. The highest BCUT2D eigenvalue weighted by Crippen LogP contribution is 2.37. The van der Waals surface area contributed by atoms with Crippen molar-refractivity contribution < 1.29 is 9.53 Å². The maximum absolute atomic E-state index is 12.4. The molecule has 0 N–H and O–H groups in total. The van der Waals surface area contributed by atoms with Crippen LogP contribution in [0.25, 0.3) is 0 Å². The highest BCUT2D eigenvalue weighted by molar-refractivity contribution is 5.72. The fourth-order valence-corrected chi connectivity index (χ4v) is 3.42. The summed E-state index contributed by atoms with van der Waals surface area (Å²) < 4.78 is 5.91. The van der Waals surface area contributed by atoms with Gasteiger partial charge in [-0.15, -0.1) is 0 Å². The van der Waals surface area contributed by atoms with Gasteiger partial charge in [-0.3, -0.25) is 4.79 Å². The van der Waals surface area contributed by atoms with Crippen molar-refractivity contribution in [3.8, 4) is 0 Å². The standard InChI is InChI=1S/C21H38O2/c1-6-7-8-9-10-11-12-18(3)20(22)23-21(4,5)19-15-13-17(2)14-16-19/h9-10,17-19H,6-8,11-16H2,1-5H3. The van der Waals surface area contributed by atoms with Crippen LogP contribution in [0.15, 0.2) is 12.2 Å². The SMILES string of the molecule is CCCCC=CCCC(C)C(=O)OC(C)(C)C1CCC(C)CC1. The Morgan fingerprint density at radius 2 is 1.78 bits per heavy atom. The van der Waals surface area contributed by atoms with Crippen LogP contribution in [-0.4, -0.2) is 11.6 Å². The molecule has 1 saturated carbocycles. The molecule has 0 aromatic carbocycles. The second kappa shape index (κ2) is 10.2. The Balaban J connectivity index is 2.33. The highest BCUT2D eigenvalue weighted by atomic mass is 16.6. The van der Waals surface area contributed by atoms with Crippen LogP contribution in [0.5, 0.6) is 0 Å².